The van der Waals surface area contributed by atoms with Crippen molar-refractivity contribution in [2.75, 3.05) is 23.7 Å². The number of nitrogens with one attached hydrogen (secondary N) is 1. The summed E-state index contributed by atoms with van der Waals surface area (Å²) in [5, 5.41) is 2.92. The average molecular weight is 317 g/mol. The molecule has 0 aromatic heterocycles. The van der Waals surface area contributed by atoms with Crippen LogP contribution in [0.2, 0.25) is 5.02 Å². The van der Waals surface area contributed by atoms with E-state index in [1.807, 2.05) is 0 Å². The van der Waals surface area contributed by atoms with Gasteiger partial charge in [0.15, 0.2) is 0 Å². The van der Waals surface area contributed by atoms with Gasteiger partial charge in [0.05, 0.1) is 17.0 Å². The number of anilines is 1. The Bertz CT molecular complexity index is 587. The molecule has 0 spiro atoms. The Balaban J connectivity index is 2.85. The van der Waals surface area contributed by atoms with E-state index in [2.05, 4.69) is 11.9 Å². The normalized spacial score (nSPS) is 10.9. The summed E-state index contributed by atoms with van der Waals surface area (Å²) in [6.07, 6.45) is 2.68. The molecular formula is C13H17ClN2O3S. The highest BCUT2D eigenvalue weighted by Crippen LogP contribution is 2.27. The first-order valence-corrected chi connectivity index (χ1v) is 8.18. The second-order valence-electron chi connectivity index (χ2n) is 4.13. The average Bonchev–Trinajstić information content (AvgIpc) is 2.37. The summed E-state index contributed by atoms with van der Waals surface area (Å²) in [6, 6.07) is 6.61. The second-order valence-corrected chi connectivity index (χ2v) is 6.44. The van der Waals surface area contributed by atoms with E-state index in [4.69, 9.17) is 11.6 Å². The molecule has 0 unspecified atom stereocenters. The molecule has 1 N–H and O–H groups in total. The van der Waals surface area contributed by atoms with Crippen molar-refractivity contribution in [1.82, 2.24) is 5.32 Å². The summed E-state index contributed by atoms with van der Waals surface area (Å²) in [5.41, 5.74) is 0.369. The Morgan fingerprint density at radius 3 is 2.65 bits per heavy atom. The molecule has 0 aliphatic rings. The lowest BCUT2D eigenvalue weighted by molar-refractivity contribution is -0.120. The lowest BCUT2D eigenvalue weighted by Gasteiger charge is -2.23. The summed E-state index contributed by atoms with van der Waals surface area (Å²) in [5.74, 6) is -0.245. The van der Waals surface area contributed by atoms with Crippen LogP contribution in [0.15, 0.2) is 36.9 Å². The Hall–Kier alpha value is -1.53. The summed E-state index contributed by atoms with van der Waals surface area (Å²) in [4.78, 5) is 11.5. The number of amides is 1. The molecule has 0 radical (unpaired) electrons. The third-order valence-electron chi connectivity index (χ3n) is 2.51. The van der Waals surface area contributed by atoms with Crippen LogP contribution in [0.25, 0.3) is 0 Å². The van der Waals surface area contributed by atoms with Crippen LogP contribution in [0.5, 0.6) is 0 Å². The Labute approximate surface area is 124 Å². The Kier molecular flexibility index (Phi) is 6.04. The highest BCUT2D eigenvalue weighted by Gasteiger charge is 2.20. The second kappa shape index (κ2) is 7.31. The molecule has 1 aromatic rings. The number of hydrogen-bond donors (Lipinski definition) is 1. The summed E-state index contributed by atoms with van der Waals surface area (Å²) >= 11 is 6.00. The van der Waals surface area contributed by atoms with E-state index >= 15 is 0 Å². The molecule has 110 valence electrons. The van der Waals surface area contributed by atoms with E-state index in [1.54, 1.807) is 30.3 Å². The van der Waals surface area contributed by atoms with Gasteiger partial charge in [-0.05, 0) is 12.1 Å². The molecule has 20 heavy (non-hydrogen) atoms. The minimum Gasteiger partial charge on any atom is -0.353 e. The van der Waals surface area contributed by atoms with Gasteiger partial charge in [0, 0.05) is 19.5 Å². The van der Waals surface area contributed by atoms with Crippen molar-refractivity contribution < 1.29 is 13.2 Å². The van der Waals surface area contributed by atoms with Gasteiger partial charge < -0.3 is 5.32 Å². The lowest BCUT2D eigenvalue weighted by Crippen LogP contribution is -2.34. The fourth-order valence-electron chi connectivity index (χ4n) is 1.60. The third-order valence-corrected chi connectivity index (χ3v) is 4.01. The summed E-state index contributed by atoms with van der Waals surface area (Å²) in [6.45, 7) is 3.87. The van der Waals surface area contributed by atoms with E-state index in [0.29, 0.717) is 17.3 Å². The summed E-state index contributed by atoms with van der Waals surface area (Å²) in [7, 11) is -3.51. The number of carbonyl (C=O) groups excluding carboxylic acids is 1. The first-order valence-electron chi connectivity index (χ1n) is 5.96. The number of nitrogens with zero attached hydrogens (tertiary/aromatic N) is 1. The number of rotatable bonds is 7. The van der Waals surface area contributed by atoms with Gasteiger partial charge >= 0.3 is 0 Å². The topological polar surface area (TPSA) is 66.5 Å². The van der Waals surface area contributed by atoms with Crippen LogP contribution in [-0.2, 0) is 14.8 Å². The quantitative estimate of drug-likeness (QED) is 0.780. The number of para-hydroxylation sites is 1. The van der Waals surface area contributed by atoms with Crippen LogP contribution in [0, 0.1) is 0 Å². The van der Waals surface area contributed by atoms with Crippen molar-refractivity contribution in [3.63, 3.8) is 0 Å². The van der Waals surface area contributed by atoms with Crippen molar-refractivity contribution in [2.24, 2.45) is 0 Å². The molecule has 0 aliphatic heterocycles. The molecule has 1 amide bonds. The third kappa shape index (κ3) is 4.86. The number of sulfonamides is 1. The monoisotopic (exact) mass is 316 g/mol. The highest BCUT2D eigenvalue weighted by atomic mass is 35.5. The zero-order valence-corrected chi connectivity index (χ0v) is 12.7. The van der Waals surface area contributed by atoms with Crippen LogP contribution in [-0.4, -0.2) is 33.7 Å². The minimum atomic E-state index is -3.51. The van der Waals surface area contributed by atoms with Crippen molar-refractivity contribution in [3.05, 3.63) is 41.9 Å². The van der Waals surface area contributed by atoms with Crippen LogP contribution in [0.1, 0.15) is 6.42 Å². The lowest BCUT2D eigenvalue weighted by atomic mass is 10.3. The van der Waals surface area contributed by atoms with Gasteiger partial charge in [-0.2, -0.15) is 0 Å². The van der Waals surface area contributed by atoms with Gasteiger partial charge in [0.1, 0.15) is 0 Å². The maximum absolute atomic E-state index is 11.8. The van der Waals surface area contributed by atoms with Gasteiger partial charge in [0.2, 0.25) is 15.9 Å². The molecule has 1 rings (SSSR count). The van der Waals surface area contributed by atoms with Crippen LogP contribution >= 0.6 is 11.6 Å². The molecular weight excluding hydrogens is 300 g/mol. The van der Waals surface area contributed by atoms with Crippen molar-refractivity contribution in [2.45, 2.75) is 6.42 Å². The molecule has 0 heterocycles. The predicted octanol–water partition coefficient (Wildman–Crippen LogP) is 1.80. The largest absolute Gasteiger partial charge is 0.353 e. The van der Waals surface area contributed by atoms with Gasteiger partial charge in [0.25, 0.3) is 0 Å². The predicted molar refractivity (Wildman–Crippen MR) is 81.5 cm³/mol. The first kappa shape index (κ1) is 16.5. The fourth-order valence-corrected chi connectivity index (χ4v) is 2.82. The molecule has 0 bridgehead atoms. The molecule has 1 aromatic carbocycles. The van der Waals surface area contributed by atoms with Crippen LogP contribution < -0.4 is 9.62 Å². The SMILES string of the molecule is C=CCNC(=O)CCN(c1ccccc1Cl)S(C)(=O)=O. The zero-order valence-electron chi connectivity index (χ0n) is 11.2. The molecule has 0 atom stereocenters. The maximum Gasteiger partial charge on any atom is 0.232 e. The van der Waals surface area contributed by atoms with Crippen molar-refractivity contribution >= 4 is 33.2 Å². The standard InChI is InChI=1S/C13H17ClN2O3S/c1-3-9-15-13(17)8-10-16(20(2,18)19)12-7-5-4-6-11(12)14/h3-7H,1,8-10H2,2H3,(H,15,17). The summed E-state index contributed by atoms with van der Waals surface area (Å²) < 4.78 is 24.8. The van der Waals surface area contributed by atoms with E-state index in [1.165, 1.54) is 0 Å². The smallest absolute Gasteiger partial charge is 0.232 e. The van der Waals surface area contributed by atoms with Crippen LogP contribution in [0.4, 0.5) is 5.69 Å². The molecule has 0 saturated carbocycles. The zero-order chi connectivity index (χ0) is 15.2. The van der Waals surface area contributed by atoms with Crippen molar-refractivity contribution in [3.8, 4) is 0 Å². The van der Waals surface area contributed by atoms with Gasteiger partial charge in [-0.1, -0.05) is 29.8 Å². The molecule has 5 nitrogen and oxygen atoms in total. The van der Waals surface area contributed by atoms with E-state index < -0.39 is 10.0 Å². The number of benzene rings is 1. The fraction of sp³-hybridized carbons (Fsp3) is 0.308. The number of carbonyl (C=O) groups is 1. The van der Waals surface area contributed by atoms with Gasteiger partial charge in [-0.3, -0.25) is 9.10 Å². The van der Waals surface area contributed by atoms with Gasteiger partial charge in [-0.25, -0.2) is 8.42 Å². The Morgan fingerprint density at radius 1 is 1.45 bits per heavy atom. The van der Waals surface area contributed by atoms with E-state index in [0.717, 1.165) is 10.6 Å². The highest BCUT2D eigenvalue weighted by molar-refractivity contribution is 7.92. The van der Waals surface area contributed by atoms with Gasteiger partial charge in [-0.15, -0.1) is 6.58 Å². The maximum atomic E-state index is 11.8. The first-order chi connectivity index (χ1) is 9.36. The Morgan fingerprint density at radius 2 is 2.10 bits per heavy atom. The van der Waals surface area contributed by atoms with E-state index in [9.17, 15) is 13.2 Å². The van der Waals surface area contributed by atoms with Crippen molar-refractivity contribution in [1.29, 1.82) is 0 Å². The molecule has 7 heteroatoms. The van der Waals surface area contributed by atoms with Crippen LogP contribution in [0.3, 0.4) is 0 Å². The number of halogens is 1. The molecule has 0 saturated heterocycles. The molecule has 0 aliphatic carbocycles. The number of hydrogen-bond acceptors (Lipinski definition) is 3. The van der Waals surface area contributed by atoms with E-state index in [-0.39, 0.29) is 18.9 Å². The molecule has 0 fully saturated rings. The minimum absolute atomic E-state index is 0.0333.